The molecule has 1 aliphatic rings. The number of ether oxygens (including phenoxy) is 1. The number of benzene rings is 2. The average molecular weight is 362 g/mol. The van der Waals surface area contributed by atoms with Crippen LogP contribution in [-0.4, -0.2) is 6.61 Å². The van der Waals surface area contributed by atoms with Crippen LogP contribution >= 0.6 is 0 Å². The fourth-order valence-electron chi connectivity index (χ4n) is 3.72. The van der Waals surface area contributed by atoms with Gasteiger partial charge >= 0.3 is 6.61 Å². The lowest BCUT2D eigenvalue weighted by molar-refractivity contribution is -0.0521. The Labute approximate surface area is 153 Å². The van der Waals surface area contributed by atoms with Crippen molar-refractivity contribution in [3.8, 4) is 16.9 Å². The van der Waals surface area contributed by atoms with Gasteiger partial charge in [-0.2, -0.15) is 8.78 Å². The number of aryl methyl sites for hydroxylation is 1. The SMILES string of the molecule is CC1CCC(CCc2ccc(-c3ccc(OC(F)F)c(F)c3)cc2)CC1. The molecule has 0 atom stereocenters. The molecular formula is C22H25F3O. The second-order valence-electron chi connectivity index (χ2n) is 7.39. The van der Waals surface area contributed by atoms with Gasteiger partial charge < -0.3 is 4.74 Å². The zero-order valence-electron chi connectivity index (χ0n) is 15.1. The highest BCUT2D eigenvalue weighted by atomic mass is 19.3. The molecule has 3 rings (SSSR count). The van der Waals surface area contributed by atoms with Crippen molar-refractivity contribution < 1.29 is 17.9 Å². The lowest BCUT2D eigenvalue weighted by atomic mass is 9.80. The minimum Gasteiger partial charge on any atom is -0.432 e. The highest BCUT2D eigenvalue weighted by Crippen LogP contribution is 2.32. The maximum absolute atomic E-state index is 13.9. The largest absolute Gasteiger partial charge is 0.432 e. The highest BCUT2D eigenvalue weighted by molar-refractivity contribution is 5.64. The lowest BCUT2D eigenvalue weighted by Gasteiger charge is -2.26. The van der Waals surface area contributed by atoms with Gasteiger partial charge in [-0.15, -0.1) is 0 Å². The molecule has 1 saturated carbocycles. The summed E-state index contributed by atoms with van der Waals surface area (Å²) in [5.74, 6) is 0.506. The first-order valence-corrected chi connectivity index (χ1v) is 9.35. The summed E-state index contributed by atoms with van der Waals surface area (Å²) < 4.78 is 42.4. The Morgan fingerprint density at radius 1 is 0.962 bits per heavy atom. The molecule has 2 aromatic rings. The Hall–Kier alpha value is -1.97. The van der Waals surface area contributed by atoms with Crippen LogP contribution in [0.25, 0.3) is 11.1 Å². The first kappa shape index (κ1) is 18.8. The Morgan fingerprint density at radius 2 is 1.62 bits per heavy atom. The van der Waals surface area contributed by atoms with Gasteiger partial charge in [0.2, 0.25) is 0 Å². The second kappa shape index (κ2) is 8.61. The smallest absolute Gasteiger partial charge is 0.387 e. The van der Waals surface area contributed by atoms with Gasteiger partial charge in [-0.05, 0) is 53.5 Å². The number of rotatable bonds is 6. The Kier molecular flexibility index (Phi) is 6.23. The molecule has 2 aromatic carbocycles. The summed E-state index contributed by atoms with van der Waals surface area (Å²) in [6, 6.07) is 12.1. The summed E-state index contributed by atoms with van der Waals surface area (Å²) in [5.41, 5.74) is 2.80. The molecule has 0 spiro atoms. The fraction of sp³-hybridized carbons (Fsp3) is 0.455. The normalized spacial score (nSPS) is 20.3. The molecule has 1 aliphatic carbocycles. The van der Waals surface area contributed by atoms with Gasteiger partial charge in [0.05, 0.1) is 0 Å². The Bertz CT molecular complexity index is 704. The van der Waals surface area contributed by atoms with Crippen LogP contribution in [0.1, 0.15) is 44.6 Å². The van der Waals surface area contributed by atoms with Crippen LogP contribution in [0.15, 0.2) is 42.5 Å². The van der Waals surface area contributed by atoms with E-state index in [1.807, 2.05) is 12.1 Å². The maximum atomic E-state index is 13.9. The third kappa shape index (κ3) is 5.03. The molecule has 1 nitrogen and oxygen atoms in total. The molecule has 0 radical (unpaired) electrons. The molecule has 140 valence electrons. The van der Waals surface area contributed by atoms with Crippen LogP contribution < -0.4 is 4.74 Å². The second-order valence-corrected chi connectivity index (χ2v) is 7.39. The molecule has 0 heterocycles. The van der Waals surface area contributed by atoms with Crippen LogP contribution in [0.2, 0.25) is 0 Å². The van der Waals surface area contributed by atoms with E-state index in [1.54, 1.807) is 6.07 Å². The summed E-state index contributed by atoms with van der Waals surface area (Å²) in [6.07, 6.45) is 7.66. The van der Waals surface area contributed by atoms with Crippen LogP contribution in [0, 0.1) is 17.7 Å². The van der Waals surface area contributed by atoms with Crippen molar-refractivity contribution >= 4 is 0 Å². The van der Waals surface area contributed by atoms with Gasteiger partial charge in [0.1, 0.15) is 0 Å². The molecular weight excluding hydrogens is 337 g/mol. The van der Waals surface area contributed by atoms with Crippen molar-refractivity contribution in [3.63, 3.8) is 0 Å². The van der Waals surface area contributed by atoms with Gasteiger partial charge in [-0.25, -0.2) is 4.39 Å². The van der Waals surface area contributed by atoms with E-state index in [0.717, 1.165) is 23.8 Å². The van der Waals surface area contributed by atoms with Gasteiger partial charge in [0, 0.05) is 0 Å². The minimum absolute atomic E-state index is 0.429. The molecule has 1 fully saturated rings. The summed E-state index contributed by atoms with van der Waals surface area (Å²) in [6.45, 7) is -0.689. The Balaban J connectivity index is 1.59. The molecule has 0 saturated heterocycles. The van der Waals surface area contributed by atoms with E-state index in [0.29, 0.717) is 5.56 Å². The van der Waals surface area contributed by atoms with Crippen LogP contribution in [-0.2, 0) is 6.42 Å². The van der Waals surface area contributed by atoms with Crippen LogP contribution in [0.5, 0.6) is 5.75 Å². The van der Waals surface area contributed by atoms with Gasteiger partial charge in [-0.3, -0.25) is 0 Å². The standard InChI is InChI=1S/C22H25F3O/c1-15-2-4-16(5-3-15)6-7-17-8-10-18(11-9-17)19-12-13-21(20(23)14-19)26-22(24)25/h8-16,22H,2-7H2,1H3. The third-order valence-corrected chi connectivity index (χ3v) is 5.41. The van der Waals surface area contributed by atoms with Crippen molar-refractivity contribution in [3.05, 3.63) is 53.8 Å². The quantitative estimate of drug-likeness (QED) is 0.546. The van der Waals surface area contributed by atoms with E-state index < -0.39 is 18.2 Å². The molecule has 26 heavy (non-hydrogen) atoms. The first-order valence-electron chi connectivity index (χ1n) is 9.35. The molecule has 0 unspecified atom stereocenters. The van der Waals surface area contributed by atoms with Crippen molar-refractivity contribution in [2.24, 2.45) is 11.8 Å². The number of halogens is 3. The van der Waals surface area contributed by atoms with Crippen molar-refractivity contribution in [2.75, 3.05) is 0 Å². The topological polar surface area (TPSA) is 9.23 Å². The van der Waals surface area contributed by atoms with Gasteiger partial charge in [0.25, 0.3) is 0 Å². The van der Waals surface area contributed by atoms with Gasteiger partial charge in [-0.1, -0.05) is 62.9 Å². The van der Waals surface area contributed by atoms with E-state index in [1.165, 1.54) is 49.8 Å². The predicted octanol–water partition coefficient (Wildman–Crippen LogP) is 6.85. The van der Waals surface area contributed by atoms with Crippen LogP contribution in [0.3, 0.4) is 0 Å². The molecule has 4 heteroatoms. The minimum atomic E-state index is -3.03. The van der Waals surface area contributed by atoms with E-state index >= 15 is 0 Å². The summed E-state index contributed by atoms with van der Waals surface area (Å²) in [4.78, 5) is 0. The maximum Gasteiger partial charge on any atom is 0.387 e. The monoisotopic (exact) mass is 362 g/mol. The Morgan fingerprint density at radius 3 is 2.23 bits per heavy atom. The first-order chi connectivity index (χ1) is 12.5. The zero-order chi connectivity index (χ0) is 18.5. The lowest BCUT2D eigenvalue weighted by Crippen LogP contribution is -2.12. The average Bonchev–Trinajstić information content (AvgIpc) is 2.63. The molecule has 0 bridgehead atoms. The number of hydrogen-bond donors (Lipinski definition) is 0. The van der Waals surface area contributed by atoms with E-state index in [2.05, 4.69) is 23.8 Å². The summed E-state index contributed by atoms with van der Waals surface area (Å²) in [7, 11) is 0. The van der Waals surface area contributed by atoms with Crippen molar-refractivity contribution in [2.45, 2.75) is 52.1 Å². The summed E-state index contributed by atoms with van der Waals surface area (Å²) >= 11 is 0. The zero-order valence-corrected chi connectivity index (χ0v) is 15.1. The third-order valence-electron chi connectivity index (χ3n) is 5.41. The van der Waals surface area contributed by atoms with E-state index in [4.69, 9.17) is 0 Å². The molecule has 0 amide bonds. The van der Waals surface area contributed by atoms with Crippen molar-refractivity contribution in [1.29, 1.82) is 0 Å². The molecule has 0 aromatic heterocycles. The molecule has 0 aliphatic heterocycles. The fourth-order valence-corrected chi connectivity index (χ4v) is 3.72. The molecule has 0 N–H and O–H groups in total. The van der Waals surface area contributed by atoms with E-state index in [9.17, 15) is 13.2 Å². The van der Waals surface area contributed by atoms with Gasteiger partial charge in [0.15, 0.2) is 11.6 Å². The number of hydrogen-bond acceptors (Lipinski definition) is 1. The number of alkyl halides is 2. The highest BCUT2D eigenvalue weighted by Gasteiger charge is 2.17. The van der Waals surface area contributed by atoms with E-state index in [-0.39, 0.29) is 0 Å². The predicted molar refractivity (Wildman–Crippen MR) is 97.9 cm³/mol. The van der Waals surface area contributed by atoms with Crippen molar-refractivity contribution in [1.82, 2.24) is 0 Å². The summed E-state index contributed by atoms with van der Waals surface area (Å²) in [5, 5.41) is 0. The van der Waals surface area contributed by atoms with Crippen LogP contribution in [0.4, 0.5) is 13.2 Å².